The lowest BCUT2D eigenvalue weighted by Gasteiger charge is -2.15. The number of hydrogen-bond acceptors (Lipinski definition) is 7. The molecular formula is C27H26N4O5. The quantitative estimate of drug-likeness (QED) is 0.352. The maximum Gasteiger partial charge on any atom is 0.427 e. The van der Waals surface area contributed by atoms with Crippen LogP contribution in [-0.4, -0.2) is 34.8 Å². The van der Waals surface area contributed by atoms with Gasteiger partial charge in [0.15, 0.2) is 0 Å². The van der Waals surface area contributed by atoms with E-state index in [9.17, 15) is 9.59 Å². The third-order valence-corrected chi connectivity index (χ3v) is 5.91. The summed E-state index contributed by atoms with van der Waals surface area (Å²) in [6.07, 6.45) is -0.939. The topological polar surface area (TPSA) is 104 Å². The molecule has 36 heavy (non-hydrogen) atoms. The Labute approximate surface area is 207 Å². The Kier molecular flexibility index (Phi) is 6.55. The highest BCUT2D eigenvalue weighted by Crippen LogP contribution is 2.30. The van der Waals surface area contributed by atoms with Crippen LogP contribution < -0.4 is 15.5 Å². The second-order valence-corrected chi connectivity index (χ2v) is 8.18. The summed E-state index contributed by atoms with van der Waals surface area (Å²) in [5.41, 5.74) is 8.37. The molecule has 1 aliphatic heterocycles. The number of hydrogen-bond donors (Lipinski definition) is 2. The van der Waals surface area contributed by atoms with Gasteiger partial charge < -0.3 is 14.3 Å². The fourth-order valence-corrected chi connectivity index (χ4v) is 4.34. The molecule has 1 saturated heterocycles. The molecule has 2 N–H and O–H groups in total. The van der Waals surface area contributed by atoms with Gasteiger partial charge in [0.25, 0.3) is 6.01 Å². The first-order valence-electron chi connectivity index (χ1n) is 11.8. The van der Waals surface area contributed by atoms with Crippen LogP contribution in [0.3, 0.4) is 0 Å². The highest BCUT2D eigenvalue weighted by Gasteiger charge is 2.26. The van der Waals surface area contributed by atoms with Gasteiger partial charge in [-0.25, -0.2) is 9.59 Å². The van der Waals surface area contributed by atoms with Gasteiger partial charge in [-0.05, 0) is 48.2 Å². The standard InChI is InChI=1S/C27H26N4O5/c1-3-34-25(32)21-10-7-11-22-23(21)31(26(28-22)35-4-2)16-17-12-14-18(15-13-17)19-8-5-6-9-20(19)24-29-27(33)36-30-24/h5-15,24,30H,3-4,16H2,1-2H3,(H,29,33). The van der Waals surface area contributed by atoms with Crippen molar-refractivity contribution in [3.05, 3.63) is 83.4 Å². The smallest absolute Gasteiger partial charge is 0.427 e. The average molecular weight is 487 g/mol. The predicted octanol–water partition coefficient (Wildman–Crippen LogP) is 4.57. The number of hydroxylamine groups is 1. The van der Waals surface area contributed by atoms with E-state index in [1.54, 1.807) is 19.1 Å². The van der Waals surface area contributed by atoms with Crippen molar-refractivity contribution in [3.63, 3.8) is 0 Å². The summed E-state index contributed by atoms with van der Waals surface area (Å²) in [5.74, 6) is -0.393. The van der Waals surface area contributed by atoms with Crippen molar-refractivity contribution in [1.29, 1.82) is 0 Å². The number of amides is 1. The third kappa shape index (κ3) is 4.48. The molecule has 4 aromatic rings. The molecule has 3 aromatic carbocycles. The van der Waals surface area contributed by atoms with Gasteiger partial charge in [0.2, 0.25) is 0 Å². The number of esters is 1. The summed E-state index contributed by atoms with van der Waals surface area (Å²) in [6.45, 7) is 4.87. The number of carbonyl (C=O) groups excluding carboxylic acids is 2. The SMILES string of the molecule is CCOC(=O)c1cccc2nc(OCC)n(Cc3ccc(-c4ccccc4C4NOC(=O)N4)cc3)c12. The number of fused-ring (bicyclic) bond motifs is 1. The first kappa shape index (κ1) is 23.4. The Morgan fingerprint density at radius 3 is 2.56 bits per heavy atom. The average Bonchev–Trinajstić information content (AvgIpc) is 3.48. The van der Waals surface area contributed by atoms with Gasteiger partial charge in [-0.2, -0.15) is 4.98 Å². The van der Waals surface area contributed by atoms with Crippen molar-refractivity contribution < 1.29 is 23.9 Å². The van der Waals surface area contributed by atoms with E-state index in [-0.39, 0.29) is 6.61 Å². The van der Waals surface area contributed by atoms with E-state index in [2.05, 4.69) is 15.8 Å². The molecule has 9 heteroatoms. The number of nitrogens with one attached hydrogen (secondary N) is 2. The first-order valence-corrected chi connectivity index (χ1v) is 11.8. The highest BCUT2D eigenvalue weighted by molar-refractivity contribution is 6.02. The second kappa shape index (κ2) is 10.1. The molecule has 2 heterocycles. The minimum atomic E-state index is -0.509. The van der Waals surface area contributed by atoms with Gasteiger partial charge in [-0.3, -0.25) is 9.88 Å². The second-order valence-electron chi connectivity index (χ2n) is 8.18. The molecule has 5 rings (SSSR count). The van der Waals surface area contributed by atoms with E-state index in [0.717, 1.165) is 22.3 Å². The van der Waals surface area contributed by atoms with Gasteiger partial charge in [-0.1, -0.05) is 54.6 Å². The first-order chi connectivity index (χ1) is 17.6. The Balaban J connectivity index is 1.49. The minimum absolute atomic E-state index is 0.288. The van der Waals surface area contributed by atoms with E-state index >= 15 is 0 Å². The number of imidazole rings is 1. The monoisotopic (exact) mass is 486 g/mol. The molecule has 0 aliphatic carbocycles. The van der Waals surface area contributed by atoms with Crippen LogP contribution in [0.15, 0.2) is 66.7 Å². The van der Waals surface area contributed by atoms with Gasteiger partial charge in [0, 0.05) is 0 Å². The molecule has 0 bridgehead atoms. The summed E-state index contributed by atoms with van der Waals surface area (Å²) >= 11 is 0. The Hall–Kier alpha value is -4.37. The van der Waals surface area contributed by atoms with Crippen molar-refractivity contribution in [2.75, 3.05) is 13.2 Å². The number of rotatable bonds is 8. The molecule has 0 radical (unpaired) electrons. The van der Waals surface area contributed by atoms with Crippen molar-refractivity contribution in [1.82, 2.24) is 20.3 Å². The van der Waals surface area contributed by atoms with Crippen molar-refractivity contribution in [2.45, 2.75) is 26.6 Å². The van der Waals surface area contributed by atoms with Gasteiger partial charge in [0.05, 0.1) is 36.4 Å². The number of nitrogens with zero attached hydrogens (tertiary/aromatic N) is 2. The zero-order valence-corrected chi connectivity index (χ0v) is 20.0. The third-order valence-electron chi connectivity index (χ3n) is 5.91. The van der Waals surface area contributed by atoms with E-state index in [4.69, 9.17) is 14.3 Å². The van der Waals surface area contributed by atoms with Gasteiger partial charge >= 0.3 is 12.1 Å². The maximum atomic E-state index is 12.6. The number of aromatic nitrogens is 2. The molecule has 0 spiro atoms. The molecule has 0 saturated carbocycles. The summed E-state index contributed by atoms with van der Waals surface area (Å²) in [4.78, 5) is 33.6. The lowest BCUT2D eigenvalue weighted by atomic mass is 9.97. The summed E-state index contributed by atoms with van der Waals surface area (Å²) < 4.78 is 13.0. The molecular weight excluding hydrogens is 460 g/mol. The molecule has 1 unspecified atom stereocenters. The lowest BCUT2D eigenvalue weighted by molar-refractivity contribution is 0.0528. The lowest BCUT2D eigenvalue weighted by Crippen LogP contribution is -2.22. The van der Waals surface area contributed by atoms with E-state index < -0.39 is 18.2 Å². The predicted molar refractivity (Wildman–Crippen MR) is 133 cm³/mol. The summed E-state index contributed by atoms with van der Waals surface area (Å²) in [6, 6.07) is 21.8. The molecule has 1 aliphatic rings. The number of para-hydroxylation sites is 1. The van der Waals surface area contributed by atoms with Crippen molar-refractivity contribution in [2.24, 2.45) is 0 Å². The molecule has 184 valence electrons. The van der Waals surface area contributed by atoms with Crippen LogP contribution >= 0.6 is 0 Å². The normalized spacial score (nSPS) is 14.9. The molecule has 1 atom stereocenters. The zero-order valence-electron chi connectivity index (χ0n) is 20.0. The largest absolute Gasteiger partial charge is 0.465 e. The fourth-order valence-electron chi connectivity index (χ4n) is 4.34. The van der Waals surface area contributed by atoms with Crippen LogP contribution in [0.1, 0.15) is 41.5 Å². The summed E-state index contributed by atoms with van der Waals surface area (Å²) in [5, 5.41) is 2.75. The van der Waals surface area contributed by atoms with Gasteiger partial charge in [-0.15, -0.1) is 5.48 Å². The van der Waals surface area contributed by atoms with Crippen LogP contribution in [0.4, 0.5) is 4.79 Å². The fraction of sp³-hybridized carbons (Fsp3) is 0.222. The maximum absolute atomic E-state index is 12.6. The molecule has 1 fully saturated rings. The van der Waals surface area contributed by atoms with Gasteiger partial charge in [0.1, 0.15) is 6.17 Å². The van der Waals surface area contributed by atoms with Crippen LogP contribution in [-0.2, 0) is 16.1 Å². The van der Waals surface area contributed by atoms with Crippen molar-refractivity contribution in [3.8, 4) is 17.1 Å². The van der Waals surface area contributed by atoms with E-state index in [1.807, 2.05) is 66.1 Å². The molecule has 1 amide bonds. The van der Waals surface area contributed by atoms with E-state index in [1.165, 1.54) is 0 Å². The van der Waals surface area contributed by atoms with Crippen LogP contribution in [0.25, 0.3) is 22.2 Å². The number of ether oxygens (including phenoxy) is 2. The number of benzene rings is 3. The Bertz CT molecular complexity index is 1410. The zero-order chi connectivity index (χ0) is 25.1. The van der Waals surface area contributed by atoms with Crippen LogP contribution in [0.2, 0.25) is 0 Å². The van der Waals surface area contributed by atoms with Crippen LogP contribution in [0.5, 0.6) is 6.01 Å². The Morgan fingerprint density at radius 1 is 1.03 bits per heavy atom. The Morgan fingerprint density at radius 2 is 1.83 bits per heavy atom. The summed E-state index contributed by atoms with van der Waals surface area (Å²) in [7, 11) is 0. The van der Waals surface area contributed by atoms with Crippen LogP contribution in [0, 0.1) is 0 Å². The molecule has 9 nitrogen and oxygen atoms in total. The van der Waals surface area contributed by atoms with E-state index in [0.29, 0.717) is 35.8 Å². The highest BCUT2D eigenvalue weighted by atomic mass is 16.7. The van der Waals surface area contributed by atoms with Crippen molar-refractivity contribution >= 4 is 23.1 Å². The molecule has 1 aromatic heterocycles. The minimum Gasteiger partial charge on any atom is -0.465 e. The number of carbonyl (C=O) groups is 2.